The average Bonchev–Trinajstić information content (AvgIpc) is 3.14. The van der Waals surface area contributed by atoms with Gasteiger partial charge in [0.25, 0.3) is 0 Å². The normalized spacial score (nSPS) is 14.7. The van der Waals surface area contributed by atoms with Gasteiger partial charge >= 0.3 is 0 Å². The molecule has 0 spiro atoms. The Bertz CT molecular complexity index is 884. The monoisotopic (exact) mass is 415 g/mol. The molecule has 29 heavy (non-hydrogen) atoms. The number of halogens is 2. The zero-order valence-electron chi connectivity index (χ0n) is 16.0. The van der Waals surface area contributed by atoms with Gasteiger partial charge in [0.1, 0.15) is 5.82 Å². The topological polar surface area (TPSA) is 73.3 Å². The second kappa shape index (κ2) is 9.65. The van der Waals surface area contributed by atoms with E-state index in [2.05, 4.69) is 5.32 Å². The first kappa shape index (κ1) is 21.0. The number of hydrogen-bond acceptors (Lipinski definition) is 3. The van der Waals surface area contributed by atoms with Crippen LogP contribution in [0.25, 0.3) is 0 Å². The number of carbonyl (C=O) groups excluding carboxylic acids is 2. The number of hydrogen-bond donors (Lipinski definition) is 2. The number of nitrogens with zero attached hydrogens (tertiary/aromatic N) is 1. The highest BCUT2D eigenvalue weighted by Gasteiger charge is 2.31. The summed E-state index contributed by atoms with van der Waals surface area (Å²) >= 11 is 5.93. The number of amides is 2. The first-order valence-corrected chi connectivity index (χ1v) is 9.97. The predicted octanol–water partition coefficient (Wildman–Crippen LogP) is 3.59. The molecule has 0 aliphatic carbocycles. The fraction of sp³-hybridized carbons (Fsp3) is 0.318. The lowest BCUT2D eigenvalue weighted by atomic mass is 10.0. The van der Waals surface area contributed by atoms with Crippen molar-refractivity contribution in [2.75, 3.05) is 13.1 Å². The fourth-order valence-corrected chi connectivity index (χ4v) is 3.52. The van der Waals surface area contributed by atoms with Gasteiger partial charge in [0, 0.05) is 31.0 Å². The van der Waals surface area contributed by atoms with Gasteiger partial charge in [-0.25, -0.2) is 4.39 Å². The summed E-state index contributed by atoms with van der Waals surface area (Å²) < 4.78 is 13.0. The van der Waals surface area contributed by atoms with Crippen LogP contribution in [0.5, 0.6) is 0 Å². The molecule has 2 aromatic rings. The smallest absolute Gasteiger partial charge is 0.223 e. The van der Waals surface area contributed by atoms with Crippen molar-refractivity contribution in [2.45, 2.75) is 31.7 Å². The van der Waals surface area contributed by atoms with Crippen molar-refractivity contribution < 1.29 is 14.0 Å². The molecule has 152 valence electrons. The first-order valence-electron chi connectivity index (χ1n) is 9.59. The van der Waals surface area contributed by atoms with Crippen LogP contribution in [0, 0.1) is 11.2 Å². The van der Waals surface area contributed by atoms with Crippen LogP contribution in [-0.2, 0) is 16.0 Å². The molecule has 2 amide bonds. The van der Waals surface area contributed by atoms with E-state index in [1.54, 1.807) is 41.3 Å². The van der Waals surface area contributed by atoms with Crippen molar-refractivity contribution in [1.82, 2.24) is 10.2 Å². The lowest BCUT2D eigenvalue weighted by molar-refractivity contribution is -0.129. The third-order valence-corrected chi connectivity index (χ3v) is 5.27. The van der Waals surface area contributed by atoms with Gasteiger partial charge in [-0.05, 0) is 48.2 Å². The van der Waals surface area contributed by atoms with Crippen LogP contribution in [0.4, 0.5) is 4.39 Å². The summed E-state index contributed by atoms with van der Waals surface area (Å²) in [6, 6.07) is 12.4. The minimum Gasteiger partial charge on any atom is -0.354 e. The maximum Gasteiger partial charge on any atom is 0.223 e. The molecule has 3 rings (SSSR count). The number of nitrogens with one attached hydrogen (secondary N) is 2. The van der Waals surface area contributed by atoms with Gasteiger partial charge in [0.15, 0.2) is 0 Å². The summed E-state index contributed by atoms with van der Waals surface area (Å²) in [5.74, 6) is -0.485. The molecule has 0 radical (unpaired) electrons. The van der Waals surface area contributed by atoms with Gasteiger partial charge in [0.2, 0.25) is 11.8 Å². The largest absolute Gasteiger partial charge is 0.354 e. The lowest BCUT2D eigenvalue weighted by Crippen LogP contribution is -2.49. The highest BCUT2D eigenvalue weighted by molar-refractivity contribution is 6.30. The van der Waals surface area contributed by atoms with E-state index in [9.17, 15) is 14.0 Å². The quantitative estimate of drug-likeness (QED) is 0.646. The van der Waals surface area contributed by atoms with Crippen LogP contribution in [0.15, 0.2) is 48.5 Å². The summed E-state index contributed by atoms with van der Waals surface area (Å²) in [7, 11) is 0. The maximum atomic E-state index is 13.0. The van der Waals surface area contributed by atoms with Crippen molar-refractivity contribution >= 4 is 29.1 Å². The molecule has 7 heteroatoms. The SMILES string of the molecule is N=C(c1ccc(Cl)cc1)C(CNC(=O)CCc1ccc(F)cc1)N1CCCC1=O. The predicted molar refractivity (Wildman–Crippen MR) is 111 cm³/mol. The lowest BCUT2D eigenvalue weighted by Gasteiger charge is -2.29. The van der Waals surface area contributed by atoms with Gasteiger partial charge < -0.3 is 15.6 Å². The Kier molecular flexibility index (Phi) is 6.99. The molecule has 0 bridgehead atoms. The molecular weight excluding hydrogens is 393 g/mol. The molecule has 1 atom stereocenters. The molecule has 2 aromatic carbocycles. The standard InChI is InChI=1S/C22H23ClFN3O2/c23-17-8-6-16(7-9-17)22(25)19(27-13-1-2-21(27)29)14-26-20(28)12-5-15-3-10-18(24)11-4-15/h3-4,6-11,19,25H,1-2,5,12-14H2,(H,26,28). The Morgan fingerprint density at radius 1 is 1.17 bits per heavy atom. The van der Waals surface area contributed by atoms with Crippen LogP contribution in [-0.4, -0.2) is 41.6 Å². The third kappa shape index (κ3) is 5.64. The number of rotatable bonds is 8. The highest BCUT2D eigenvalue weighted by Crippen LogP contribution is 2.18. The number of benzene rings is 2. The van der Waals surface area contributed by atoms with Crippen molar-refractivity contribution in [3.05, 3.63) is 70.5 Å². The molecule has 0 saturated carbocycles. The maximum absolute atomic E-state index is 13.0. The van der Waals surface area contributed by atoms with Crippen LogP contribution in [0.2, 0.25) is 5.02 Å². The molecule has 1 saturated heterocycles. The summed E-state index contributed by atoms with van der Waals surface area (Å²) in [5.41, 5.74) is 1.82. The summed E-state index contributed by atoms with van der Waals surface area (Å²) in [4.78, 5) is 26.2. The minimum absolute atomic E-state index is 0.00530. The molecular formula is C22H23ClFN3O2. The van der Waals surface area contributed by atoms with E-state index >= 15 is 0 Å². The zero-order valence-corrected chi connectivity index (χ0v) is 16.7. The third-order valence-electron chi connectivity index (χ3n) is 5.02. The minimum atomic E-state index is -0.527. The van der Waals surface area contributed by atoms with Crippen molar-refractivity contribution in [1.29, 1.82) is 5.41 Å². The van der Waals surface area contributed by atoms with Gasteiger partial charge in [-0.1, -0.05) is 35.9 Å². The van der Waals surface area contributed by atoms with Gasteiger partial charge in [-0.2, -0.15) is 0 Å². The molecule has 1 heterocycles. The average molecular weight is 416 g/mol. The number of likely N-dealkylation sites (tertiary alicyclic amines) is 1. The zero-order chi connectivity index (χ0) is 20.8. The second-order valence-corrected chi connectivity index (χ2v) is 7.49. The highest BCUT2D eigenvalue weighted by atomic mass is 35.5. The second-order valence-electron chi connectivity index (χ2n) is 7.06. The fourth-order valence-electron chi connectivity index (χ4n) is 3.40. The molecule has 2 N–H and O–H groups in total. The Labute approximate surface area is 174 Å². The van der Waals surface area contributed by atoms with E-state index in [4.69, 9.17) is 17.0 Å². The van der Waals surface area contributed by atoms with Crippen LogP contribution in [0.1, 0.15) is 30.4 Å². The van der Waals surface area contributed by atoms with E-state index in [0.29, 0.717) is 30.0 Å². The Hall–Kier alpha value is -2.73. The molecule has 1 aliphatic heterocycles. The Morgan fingerprint density at radius 3 is 2.48 bits per heavy atom. The molecule has 1 aliphatic rings. The van der Waals surface area contributed by atoms with Crippen molar-refractivity contribution in [3.8, 4) is 0 Å². The molecule has 0 aromatic heterocycles. The van der Waals surface area contributed by atoms with Crippen molar-refractivity contribution in [3.63, 3.8) is 0 Å². The van der Waals surface area contributed by atoms with Gasteiger partial charge in [-0.3, -0.25) is 9.59 Å². The summed E-state index contributed by atoms with van der Waals surface area (Å²) in [6.45, 7) is 0.750. The van der Waals surface area contributed by atoms with E-state index in [-0.39, 0.29) is 36.3 Å². The molecule has 5 nitrogen and oxygen atoms in total. The first-order chi connectivity index (χ1) is 13.9. The Morgan fingerprint density at radius 2 is 1.86 bits per heavy atom. The summed E-state index contributed by atoms with van der Waals surface area (Å²) in [6.07, 6.45) is 1.96. The van der Waals surface area contributed by atoms with Crippen LogP contribution in [0.3, 0.4) is 0 Å². The van der Waals surface area contributed by atoms with E-state index in [1.807, 2.05) is 0 Å². The van der Waals surface area contributed by atoms with Gasteiger partial charge in [-0.15, -0.1) is 0 Å². The van der Waals surface area contributed by atoms with E-state index in [0.717, 1.165) is 12.0 Å². The molecule has 1 unspecified atom stereocenters. The van der Waals surface area contributed by atoms with Gasteiger partial charge in [0.05, 0.1) is 11.8 Å². The summed E-state index contributed by atoms with van der Waals surface area (Å²) in [5, 5.41) is 12.0. The van der Waals surface area contributed by atoms with Crippen LogP contribution < -0.4 is 5.32 Å². The Balaban J connectivity index is 1.62. The van der Waals surface area contributed by atoms with Crippen molar-refractivity contribution in [2.24, 2.45) is 0 Å². The van der Waals surface area contributed by atoms with E-state index < -0.39 is 6.04 Å². The van der Waals surface area contributed by atoms with E-state index in [1.165, 1.54) is 12.1 Å². The molecule has 1 fully saturated rings. The number of carbonyl (C=O) groups is 2. The van der Waals surface area contributed by atoms with Crippen LogP contribution >= 0.6 is 11.6 Å². The number of aryl methyl sites for hydroxylation is 1.